The molecule has 5 rings (SSSR count). The number of nitrogens with zero attached hydrogens (tertiary/aromatic N) is 2. The van der Waals surface area contributed by atoms with E-state index in [-0.39, 0.29) is 36.8 Å². The van der Waals surface area contributed by atoms with Gasteiger partial charge in [0.2, 0.25) is 11.8 Å². The second-order valence-corrected chi connectivity index (χ2v) is 10.1. The lowest BCUT2D eigenvalue weighted by Crippen LogP contribution is -2.48. The van der Waals surface area contributed by atoms with Crippen LogP contribution in [0.4, 0.5) is 5.69 Å². The molecule has 1 saturated carbocycles. The van der Waals surface area contributed by atoms with Crippen molar-refractivity contribution < 1.29 is 14.7 Å². The topological polar surface area (TPSA) is 72.9 Å². The zero-order chi connectivity index (χ0) is 21.4. The first-order chi connectivity index (χ1) is 15.1. The van der Waals surface area contributed by atoms with Crippen molar-refractivity contribution in [3.63, 3.8) is 0 Å². The summed E-state index contributed by atoms with van der Waals surface area (Å²) >= 11 is 0. The molecule has 31 heavy (non-hydrogen) atoms. The number of benzene rings is 1. The summed E-state index contributed by atoms with van der Waals surface area (Å²) in [5.74, 6) is 0.870. The van der Waals surface area contributed by atoms with Crippen molar-refractivity contribution in [1.82, 2.24) is 9.80 Å². The lowest BCUT2D eigenvalue weighted by Gasteiger charge is -2.40. The van der Waals surface area contributed by atoms with Crippen LogP contribution in [-0.4, -0.2) is 65.0 Å². The zero-order valence-corrected chi connectivity index (χ0v) is 18.4. The number of aliphatic hydroxyl groups is 1. The molecule has 168 valence electrons. The van der Waals surface area contributed by atoms with E-state index in [4.69, 9.17) is 0 Å². The number of hydrogen-bond acceptors (Lipinski definition) is 4. The summed E-state index contributed by atoms with van der Waals surface area (Å²) < 4.78 is 0. The van der Waals surface area contributed by atoms with Gasteiger partial charge in [-0.25, -0.2) is 0 Å². The van der Waals surface area contributed by atoms with Gasteiger partial charge in [0, 0.05) is 37.7 Å². The molecule has 2 heterocycles. The van der Waals surface area contributed by atoms with Crippen LogP contribution in [0.5, 0.6) is 0 Å². The molecule has 2 aliphatic carbocycles. The van der Waals surface area contributed by atoms with Crippen LogP contribution >= 0.6 is 0 Å². The van der Waals surface area contributed by atoms with E-state index in [1.807, 2.05) is 11.0 Å². The summed E-state index contributed by atoms with van der Waals surface area (Å²) in [5, 5.41) is 13.6. The van der Waals surface area contributed by atoms with Crippen LogP contribution in [-0.2, 0) is 22.4 Å². The summed E-state index contributed by atoms with van der Waals surface area (Å²) in [4.78, 5) is 29.6. The highest BCUT2D eigenvalue weighted by molar-refractivity contribution is 5.93. The number of fused-ring (bicyclic) bond motifs is 2. The van der Waals surface area contributed by atoms with Crippen molar-refractivity contribution in [2.24, 2.45) is 11.8 Å². The fourth-order valence-electron chi connectivity index (χ4n) is 6.33. The minimum Gasteiger partial charge on any atom is -0.391 e. The Morgan fingerprint density at radius 3 is 2.52 bits per heavy atom. The van der Waals surface area contributed by atoms with E-state index in [2.05, 4.69) is 22.3 Å². The molecule has 6 heteroatoms. The normalized spacial score (nSPS) is 30.3. The molecule has 0 radical (unpaired) electrons. The highest BCUT2D eigenvalue weighted by Gasteiger charge is 2.44. The Balaban J connectivity index is 1.10. The van der Waals surface area contributed by atoms with Gasteiger partial charge in [0.1, 0.15) is 0 Å². The molecule has 1 aromatic carbocycles. The van der Waals surface area contributed by atoms with E-state index in [0.717, 1.165) is 57.5 Å². The first-order valence-corrected chi connectivity index (χ1v) is 12.2. The maximum atomic E-state index is 12.8. The van der Waals surface area contributed by atoms with Gasteiger partial charge in [-0.3, -0.25) is 14.5 Å². The Labute approximate surface area is 185 Å². The smallest absolute Gasteiger partial charge is 0.224 e. The van der Waals surface area contributed by atoms with Gasteiger partial charge < -0.3 is 15.3 Å². The van der Waals surface area contributed by atoms with Gasteiger partial charge in [-0.15, -0.1) is 0 Å². The van der Waals surface area contributed by atoms with Crippen LogP contribution < -0.4 is 5.32 Å². The van der Waals surface area contributed by atoms with Gasteiger partial charge in [0.15, 0.2) is 0 Å². The third-order valence-corrected chi connectivity index (χ3v) is 8.02. The van der Waals surface area contributed by atoms with Crippen LogP contribution in [0.1, 0.15) is 56.1 Å². The molecule has 2 amide bonds. The SMILES string of the molecule is O=C(CCC(=O)N1C[C@H]2C[C@@H](N3CCCC3)[C@H](O)C[C@H]2C1)Nc1ccc2c(c1)CCC2. The van der Waals surface area contributed by atoms with Gasteiger partial charge in [0.25, 0.3) is 0 Å². The van der Waals surface area contributed by atoms with E-state index < -0.39 is 0 Å². The Hall–Kier alpha value is -1.92. The summed E-state index contributed by atoms with van der Waals surface area (Å²) in [6.45, 7) is 3.72. The fraction of sp³-hybridized carbons (Fsp3) is 0.680. The van der Waals surface area contributed by atoms with Crippen molar-refractivity contribution in [3.8, 4) is 0 Å². The maximum absolute atomic E-state index is 12.8. The van der Waals surface area contributed by atoms with Gasteiger partial charge in [-0.2, -0.15) is 0 Å². The van der Waals surface area contributed by atoms with Gasteiger partial charge in [-0.1, -0.05) is 6.07 Å². The molecule has 0 spiro atoms. The molecule has 4 aliphatic rings. The lowest BCUT2D eigenvalue weighted by atomic mass is 9.77. The van der Waals surface area contributed by atoms with Crippen LogP contribution in [0.2, 0.25) is 0 Å². The number of aryl methyl sites for hydroxylation is 2. The predicted octanol–water partition coefficient (Wildman–Crippen LogP) is 2.59. The quantitative estimate of drug-likeness (QED) is 0.761. The number of likely N-dealkylation sites (tertiary alicyclic amines) is 2. The first-order valence-electron chi connectivity index (χ1n) is 12.2. The van der Waals surface area contributed by atoms with E-state index in [1.54, 1.807) is 0 Å². The minimum absolute atomic E-state index is 0.0747. The van der Waals surface area contributed by atoms with E-state index in [9.17, 15) is 14.7 Å². The summed E-state index contributed by atoms with van der Waals surface area (Å²) in [6.07, 6.45) is 7.87. The molecule has 2 aliphatic heterocycles. The van der Waals surface area contributed by atoms with Crippen molar-refractivity contribution in [2.75, 3.05) is 31.5 Å². The third-order valence-electron chi connectivity index (χ3n) is 8.02. The number of hydrogen-bond donors (Lipinski definition) is 2. The number of carbonyl (C=O) groups excluding carboxylic acids is 2. The van der Waals surface area contributed by atoms with E-state index in [0.29, 0.717) is 11.8 Å². The number of anilines is 1. The molecule has 2 saturated heterocycles. The number of nitrogens with one attached hydrogen (secondary N) is 1. The summed E-state index contributed by atoms with van der Waals surface area (Å²) in [7, 11) is 0. The molecular weight excluding hydrogens is 390 g/mol. The Bertz CT molecular complexity index is 835. The number of rotatable bonds is 5. The fourth-order valence-corrected chi connectivity index (χ4v) is 6.33. The Morgan fingerprint density at radius 1 is 0.968 bits per heavy atom. The van der Waals surface area contributed by atoms with E-state index >= 15 is 0 Å². The molecule has 6 nitrogen and oxygen atoms in total. The van der Waals surface area contributed by atoms with Gasteiger partial charge in [0.05, 0.1) is 6.10 Å². The molecule has 0 aromatic heterocycles. The molecule has 0 bridgehead atoms. The molecule has 3 fully saturated rings. The average Bonchev–Trinajstić information content (AvgIpc) is 3.50. The number of amides is 2. The van der Waals surface area contributed by atoms with Gasteiger partial charge in [-0.05, 0) is 93.1 Å². The zero-order valence-electron chi connectivity index (χ0n) is 18.4. The number of aliphatic hydroxyl groups excluding tert-OH is 1. The van der Waals surface area contributed by atoms with Crippen LogP contribution in [0.3, 0.4) is 0 Å². The van der Waals surface area contributed by atoms with Crippen LogP contribution in [0.25, 0.3) is 0 Å². The second-order valence-electron chi connectivity index (χ2n) is 10.1. The highest BCUT2D eigenvalue weighted by Crippen LogP contribution is 2.39. The Morgan fingerprint density at radius 2 is 1.71 bits per heavy atom. The second kappa shape index (κ2) is 8.91. The largest absolute Gasteiger partial charge is 0.391 e. The van der Waals surface area contributed by atoms with Crippen molar-refractivity contribution in [2.45, 2.75) is 69.9 Å². The highest BCUT2D eigenvalue weighted by atomic mass is 16.3. The summed E-state index contributed by atoms with van der Waals surface area (Å²) in [6, 6.07) is 6.42. The standard InChI is InChI=1S/C25H35N3O3/c29-23-14-20-16-28(15-19(20)13-22(23)27-10-1-2-11-27)25(31)9-8-24(30)26-21-7-6-17-4-3-5-18(17)12-21/h6-7,12,19-20,22-23,29H,1-5,8-11,13-16H2,(H,26,30)/t19-,20+,22-,23-/m1/s1. The molecule has 0 unspecified atom stereocenters. The molecule has 2 N–H and O–H groups in total. The van der Waals surface area contributed by atoms with Crippen molar-refractivity contribution in [3.05, 3.63) is 29.3 Å². The molecular formula is C25H35N3O3. The van der Waals surface area contributed by atoms with Crippen molar-refractivity contribution >= 4 is 17.5 Å². The van der Waals surface area contributed by atoms with Crippen LogP contribution in [0, 0.1) is 11.8 Å². The number of carbonyl (C=O) groups is 2. The van der Waals surface area contributed by atoms with Crippen LogP contribution in [0.15, 0.2) is 18.2 Å². The maximum Gasteiger partial charge on any atom is 0.224 e. The predicted molar refractivity (Wildman–Crippen MR) is 120 cm³/mol. The third kappa shape index (κ3) is 4.51. The monoisotopic (exact) mass is 425 g/mol. The average molecular weight is 426 g/mol. The van der Waals surface area contributed by atoms with Crippen molar-refractivity contribution in [1.29, 1.82) is 0 Å². The lowest BCUT2D eigenvalue weighted by molar-refractivity contribution is -0.132. The molecule has 1 aromatic rings. The van der Waals surface area contributed by atoms with E-state index in [1.165, 1.54) is 30.4 Å². The molecule has 4 atom stereocenters. The van der Waals surface area contributed by atoms with Gasteiger partial charge >= 0.3 is 0 Å². The first kappa shape index (κ1) is 21.0. The Kier molecular flexibility index (Phi) is 6.02. The summed E-state index contributed by atoms with van der Waals surface area (Å²) in [5.41, 5.74) is 3.57. The minimum atomic E-state index is -0.271.